The van der Waals surface area contributed by atoms with Gasteiger partial charge in [0.2, 0.25) is 0 Å². The quantitative estimate of drug-likeness (QED) is 0.687. The van der Waals surface area contributed by atoms with Gasteiger partial charge in [0.25, 0.3) is 0 Å². The van der Waals surface area contributed by atoms with E-state index in [0.29, 0.717) is 0 Å². The molecule has 16 heavy (non-hydrogen) atoms. The monoisotopic (exact) mass is 226 g/mol. The number of hydrogen-bond donors (Lipinski definition) is 0. The molecule has 0 aromatic rings. The van der Waals surface area contributed by atoms with E-state index in [4.69, 9.17) is 0 Å². The maximum atomic E-state index is 2.64. The van der Waals surface area contributed by atoms with Crippen molar-refractivity contribution in [2.45, 2.75) is 40.5 Å². The Balaban J connectivity index is 2.07. The summed E-state index contributed by atoms with van der Waals surface area (Å²) in [6.07, 6.45) is 2.76. The van der Waals surface area contributed by atoms with Crippen LogP contribution in [0.3, 0.4) is 0 Å². The molecule has 1 fully saturated rings. The predicted molar refractivity (Wildman–Crippen MR) is 71.8 cm³/mol. The lowest BCUT2D eigenvalue weighted by Crippen LogP contribution is -2.47. The second-order valence-corrected chi connectivity index (χ2v) is 6.07. The van der Waals surface area contributed by atoms with Gasteiger partial charge in [-0.05, 0) is 31.2 Å². The lowest BCUT2D eigenvalue weighted by atomic mass is 10.1. The van der Waals surface area contributed by atoms with E-state index < -0.39 is 0 Å². The number of hydrogen-bond acceptors (Lipinski definition) is 2. The largest absolute Gasteiger partial charge is 0.301 e. The Kier molecular flexibility index (Phi) is 6.37. The molecule has 1 rings (SSSR count). The van der Waals surface area contributed by atoms with Crippen molar-refractivity contribution in [1.82, 2.24) is 9.80 Å². The molecule has 0 saturated carbocycles. The molecule has 1 aliphatic heterocycles. The molecule has 0 aromatic heterocycles. The fourth-order valence-electron chi connectivity index (χ4n) is 2.44. The van der Waals surface area contributed by atoms with Gasteiger partial charge in [0.15, 0.2) is 0 Å². The summed E-state index contributed by atoms with van der Waals surface area (Å²) in [5, 5.41) is 0. The van der Waals surface area contributed by atoms with Crippen molar-refractivity contribution in [3.8, 4) is 0 Å². The fourth-order valence-corrected chi connectivity index (χ4v) is 2.44. The lowest BCUT2D eigenvalue weighted by molar-refractivity contribution is 0.120. The van der Waals surface area contributed by atoms with E-state index in [1.807, 2.05) is 0 Å². The molecule has 1 heterocycles. The van der Waals surface area contributed by atoms with Crippen molar-refractivity contribution in [2.75, 3.05) is 39.3 Å². The zero-order valence-corrected chi connectivity index (χ0v) is 11.7. The molecule has 0 aromatic carbocycles. The highest BCUT2D eigenvalue weighted by atomic mass is 15.3. The maximum Gasteiger partial charge on any atom is 0.0110 e. The Hall–Kier alpha value is -0.0800. The van der Waals surface area contributed by atoms with Gasteiger partial charge in [-0.25, -0.2) is 0 Å². The second-order valence-electron chi connectivity index (χ2n) is 6.07. The minimum absolute atomic E-state index is 0.812. The standard InChI is InChI=1S/C14H30N2/c1-13(2)6-5-7-15-8-10-16(11-9-15)12-14(3)4/h13-14H,5-12H2,1-4H3. The van der Waals surface area contributed by atoms with Crippen LogP contribution in [0.1, 0.15) is 40.5 Å². The molecule has 1 aliphatic rings. The van der Waals surface area contributed by atoms with E-state index >= 15 is 0 Å². The lowest BCUT2D eigenvalue weighted by Gasteiger charge is -2.35. The van der Waals surface area contributed by atoms with Gasteiger partial charge in [-0.1, -0.05) is 27.7 Å². The first-order valence-corrected chi connectivity index (χ1v) is 7.02. The molecule has 0 N–H and O–H groups in total. The Bertz CT molecular complexity index is 170. The average Bonchev–Trinajstić information content (AvgIpc) is 2.19. The predicted octanol–water partition coefficient (Wildman–Crippen LogP) is 2.70. The number of nitrogens with zero attached hydrogens (tertiary/aromatic N) is 2. The van der Waals surface area contributed by atoms with Crippen molar-refractivity contribution in [3.63, 3.8) is 0 Å². The van der Waals surface area contributed by atoms with E-state index in [1.165, 1.54) is 52.1 Å². The Labute approximate surface area is 102 Å². The van der Waals surface area contributed by atoms with Crippen molar-refractivity contribution in [1.29, 1.82) is 0 Å². The first-order chi connectivity index (χ1) is 7.58. The van der Waals surface area contributed by atoms with Crippen molar-refractivity contribution in [3.05, 3.63) is 0 Å². The Morgan fingerprint density at radius 3 is 1.88 bits per heavy atom. The van der Waals surface area contributed by atoms with Gasteiger partial charge in [0, 0.05) is 32.7 Å². The molecule has 2 heteroatoms. The Morgan fingerprint density at radius 2 is 1.38 bits per heavy atom. The Morgan fingerprint density at radius 1 is 0.812 bits per heavy atom. The summed E-state index contributed by atoms with van der Waals surface area (Å²) in [5.41, 5.74) is 0. The third kappa shape index (κ3) is 5.86. The second kappa shape index (κ2) is 7.29. The van der Waals surface area contributed by atoms with Crippen LogP contribution in [-0.4, -0.2) is 49.1 Å². The summed E-state index contributed by atoms with van der Waals surface area (Å²) in [7, 11) is 0. The third-order valence-electron chi connectivity index (χ3n) is 3.34. The summed E-state index contributed by atoms with van der Waals surface area (Å²) < 4.78 is 0. The molecule has 2 nitrogen and oxygen atoms in total. The SMILES string of the molecule is CC(C)CCCN1CCN(CC(C)C)CC1. The smallest absolute Gasteiger partial charge is 0.0110 e. The summed E-state index contributed by atoms with van der Waals surface area (Å²) in [6, 6.07) is 0. The van der Waals surface area contributed by atoms with Crippen molar-refractivity contribution in [2.24, 2.45) is 11.8 Å². The molecule has 0 radical (unpaired) electrons. The number of piperazine rings is 1. The van der Waals surface area contributed by atoms with Crippen LogP contribution < -0.4 is 0 Å². The summed E-state index contributed by atoms with van der Waals surface area (Å²) in [4.78, 5) is 5.25. The molecule has 0 aliphatic carbocycles. The highest BCUT2D eigenvalue weighted by Crippen LogP contribution is 2.08. The van der Waals surface area contributed by atoms with Gasteiger partial charge in [0.1, 0.15) is 0 Å². The van der Waals surface area contributed by atoms with Crippen LogP contribution in [0.15, 0.2) is 0 Å². The number of rotatable bonds is 6. The van der Waals surface area contributed by atoms with E-state index in [2.05, 4.69) is 37.5 Å². The highest BCUT2D eigenvalue weighted by molar-refractivity contribution is 4.72. The van der Waals surface area contributed by atoms with Crippen LogP contribution in [0.4, 0.5) is 0 Å². The van der Waals surface area contributed by atoms with Crippen LogP contribution in [-0.2, 0) is 0 Å². The van der Waals surface area contributed by atoms with Gasteiger partial charge < -0.3 is 9.80 Å². The van der Waals surface area contributed by atoms with E-state index in [1.54, 1.807) is 0 Å². The van der Waals surface area contributed by atoms with Crippen molar-refractivity contribution >= 4 is 0 Å². The molecule has 0 bridgehead atoms. The third-order valence-corrected chi connectivity index (χ3v) is 3.34. The topological polar surface area (TPSA) is 6.48 Å². The zero-order chi connectivity index (χ0) is 12.0. The molecule has 96 valence electrons. The normalized spacial score (nSPS) is 19.9. The van der Waals surface area contributed by atoms with E-state index in [-0.39, 0.29) is 0 Å². The van der Waals surface area contributed by atoms with Crippen LogP contribution in [0.2, 0.25) is 0 Å². The minimum Gasteiger partial charge on any atom is -0.301 e. The van der Waals surface area contributed by atoms with Gasteiger partial charge in [-0.15, -0.1) is 0 Å². The fraction of sp³-hybridized carbons (Fsp3) is 1.00. The van der Waals surface area contributed by atoms with Crippen LogP contribution in [0, 0.1) is 11.8 Å². The van der Waals surface area contributed by atoms with Gasteiger partial charge in [-0.3, -0.25) is 0 Å². The first-order valence-electron chi connectivity index (χ1n) is 7.02. The van der Waals surface area contributed by atoms with E-state index in [9.17, 15) is 0 Å². The molecule has 0 amide bonds. The highest BCUT2D eigenvalue weighted by Gasteiger charge is 2.16. The first kappa shape index (κ1) is 14.0. The molecule has 0 atom stereocenters. The molecule has 1 saturated heterocycles. The molecular formula is C14H30N2. The van der Waals surface area contributed by atoms with Crippen LogP contribution >= 0.6 is 0 Å². The van der Waals surface area contributed by atoms with E-state index in [0.717, 1.165) is 11.8 Å². The zero-order valence-electron chi connectivity index (χ0n) is 11.7. The molecular weight excluding hydrogens is 196 g/mol. The maximum absolute atomic E-state index is 2.64. The minimum atomic E-state index is 0.812. The summed E-state index contributed by atoms with van der Waals surface area (Å²) in [5.74, 6) is 1.68. The molecule has 0 unspecified atom stereocenters. The molecule has 0 spiro atoms. The van der Waals surface area contributed by atoms with Gasteiger partial charge in [-0.2, -0.15) is 0 Å². The summed E-state index contributed by atoms with van der Waals surface area (Å²) >= 11 is 0. The average molecular weight is 226 g/mol. The van der Waals surface area contributed by atoms with Crippen LogP contribution in [0.25, 0.3) is 0 Å². The van der Waals surface area contributed by atoms with Crippen LogP contribution in [0.5, 0.6) is 0 Å². The van der Waals surface area contributed by atoms with Crippen molar-refractivity contribution < 1.29 is 0 Å². The summed E-state index contributed by atoms with van der Waals surface area (Å²) in [6.45, 7) is 17.0. The van der Waals surface area contributed by atoms with Gasteiger partial charge >= 0.3 is 0 Å². The van der Waals surface area contributed by atoms with Gasteiger partial charge in [0.05, 0.1) is 0 Å².